The predicted molar refractivity (Wildman–Crippen MR) is 161 cm³/mol. The van der Waals surface area contributed by atoms with Crippen LogP contribution in [0.2, 0.25) is 10.0 Å². The lowest BCUT2D eigenvalue weighted by molar-refractivity contribution is 0.267. The molecule has 0 aliphatic carbocycles. The number of para-hydroxylation sites is 1. The summed E-state index contributed by atoms with van der Waals surface area (Å²) in [5.41, 5.74) is 2.69. The quantitative estimate of drug-likeness (QED) is 0.165. The normalized spacial score (nSPS) is 11.3. The summed E-state index contributed by atoms with van der Waals surface area (Å²) < 4.78 is 13.9. The van der Waals surface area contributed by atoms with E-state index in [1.165, 1.54) is 4.68 Å². The second kappa shape index (κ2) is 12.0. The Labute approximate surface area is 243 Å². The van der Waals surface area contributed by atoms with Crippen LogP contribution >= 0.6 is 39.1 Å². The van der Waals surface area contributed by atoms with E-state index in [2.05, 4.69) is 21.0 Å². The van der Waals surface area contributed by atoms with Crippen LogP contribution in [0, 0.1) is 0 Å². The summed E-state index contributed by atoms with van der Waals surface area (Å²) in [6.07, 6.45) is 1.60. The standard InChI is InChI=1S/C30H22BrCl2N3O3/c1-2-38-27-16-20(14-23(31)28(27)39-18-19-12-13-24(32)25(33)15-19)17-34-36-29(21-8-4-3-5-9-21)35-26-11-7-6-10-22(26)30(36)37/h3-17H,2,18H2,1H3. The third kappa shape index (κ3) is 6.01. The van der Waals surface area contributed by atoms with Crippen LogP contribution in [0.1, 0.15) is 18.1 Å². The van der Waals surface area contributed by atoms with Crippen molar-refractivity contribution in [2.75, 3.05) is 6.61 Å². The zero-order chi connectivity index (χ0) is 27.4. The molecule has 0 saturated carbocycles. The Kier molecular flexibility index (Phi) is 8.31. The van der Waals surface area contributed by atoms with E-state index in [-0.39, 0.29) is 12.2 Å². The maximum atomic E-state index is 13.4. The highest BCUT2D eigenvalue weighted by atomic mass is 79.9. The van der Waals surface area contributed by atoms with Gasteiger partial charge in [0, 0.05) is 5.56 Å². The van der Waals surface area contributed by atoms with Gasteiger partial charge in [0.15, 0.2) is 17.3 Å². The van der Waals surface area contributed by atoms with E-state index >= 15 is 0 Å². The van der Waals surface area contributed by atoms with Gasteiger partial charge >= 0.3 is 0 Å². The average molecular weight is 623 g/mol. The molecule has 9 heteroatoms. The fourth-order valence-electron chi connectivity index (χ4n) is 3.98. The maximum Gasteiger partial charge on any atom is 0.282 e. The summed E-state index contributed by atoms with van der Waals surface area (Å²) in [5, 5.41) is 5.98. The second-order valence-electron chi connectivity index (χ2n) is 8.48. The molecule has 5 rings (SSSR count). The second-order valence-corrected chi connectivity index (χ2v) is 10.1. The SMILES string of the molecule is CCOc1cc(C=Nn2c(-c3ccccc3)nc3ccccc3c2=O)cc(Br)c1OCc1ccc(Cl)c(Cl)c1. The van der Waals surface area contributed by atoms with Crippen molar-refractivity contribution in [2.24, 2.45) is 5.10 Å². The molecule has 4 aromatic carbocycles. The summed E-state index contributed by atoms with van der Waals surface area (Å²) in [5.74, 6) is 1.51. The van der Waals surface area contributed by atoms with Gasteiger partial charge in [-0.2, -0.15) is 9.78 Å². The molecule has 0 amide bonds. The third-order valence-electron chi connectivity index (χ3n) is 5.81. The Hall–Kier alpha value is -3.65. The van der Waals surface area contributed by atoms with Crippen LogP contribution in [0.4, 0.5) is 0 Å². The van der Waals surface area contributed by atoms with Crippen molar-refractivity contribution in [3.8, 4) is 22.9 Å². The monoisotopic (exact) mass is 621 g/mol. The van der Waals surface area contributed by atoms with Gasteiger partial charge in [-0.15, -0.1) is 0 Å². The Morgan fingerprint density at radius 2 is 1.72 bits per heavy atom. The van der Waals surface area contributed by atoms with E-state index in [1.807, 2.05) is 73.7 Å². The molecule has 196 valence electrons. The van der Waals surface area contributed by atoms with Gasteiger partial charge in [-0.3, -0.25) is 4.79 Å². The van der Waals surface area contributed by atoms with Crippen LogP contribution in [0.3, 0.4) is 0 Å². The van der Waals surface area contributed by atoms with Crippen molar-refractivity contribution < 1.29 is 9.47 Å². The highest BCUT2D eigenvalue weighted by molar-refractivity contribution is 9.10. The van der Waals surface area contributed by atoms with Crippen molar-refractivity contribution in [1.29, 1.82) is 0 Å². The molecule has 0 unspecified atom stereocenters. The molecule has 0 fully saturated rings. The molecular formula is C30H22BrCl2N3O3. The minimum atomic E-state index is -0.263. The van der Waals surface area contributed by atoms with E-state index in [0.717, 1.165) is 11.1 Å². The predicted octanol–water partition coefficient (Wildman–Crippen LogP) is 7.99. The van der Waals surface area contributed by atoms with Crippen LogP contribution in [-0.2, 0) is 6.61 Å². The van der Waals surface area contributed by atoms with Gasteiger partial charge in [-0.05, 0) is 70.4 Å². The summed E-state index contributed by atoms with van der Waals surface area (Å²) in [7, 11) is 0. The van der Waals surface area contributed by atoms with E-state index in [4.69, 9.17) is 37.7 Å². The van der Waals surface area contributed by atoms with Gasteiger partial charge in [0.05, 0.1) is 38.2 Å². The number of ether oxygens (including phenoxy) is 2. The molecule has 0 bridgehead atoms. The molecule has 1 heterocycles. The summed E-state index contributed by atoms with van der Waals surface area (Å²) in [6.45, 7) is 2.59. The van der Waals surface area contributed by atoms with Crippen LogP contribution < -0.4 is 15.0 Å². The molecule has 1 aromatic heterocycles. The molecule has 6 nitrogen and oxygen atoms in total. The van der Waals surface area contributed by atoms with E-state index in [1.54, 1.807) is 24.4 Å². The summed E-state index contributed by atoms with van der Waals surface area (Å²) >= 11 is 15.8. The number of hydrogen-bond acceptors (Lipinski definition) is 5. The lowest BCUT2D eigenvalue weighted by Gasteiger charge is -2.15. The topological polar surface area (TPSA) is 65.7 Å². The minimum Gasteiger partial charge on any atom is -0.490 e. The molecule has 0 spiro atoms. The van der Waals surface area contributed by atoms with Crippen molar-refractivity contribution >= 4 is 56.2 Å². The number of nitrogens with zero attached hydrogens (tertiary/aromatic N) is 3. The highest BCUT2D eigenvalue weighted by Crippen LogP contribution is 2.37. The van der Waals surface area contributed by atoms with Gasteiger partial charge < -0.3 is 9.47 Å². The van der Waals surface area contributed by atoms with Gasteiger partial charge in [-0.25, -0.2) is 4.98 Å². The number of hydrogen-bond donors (Lipinski definition) is 0. The fourth-order valence-corrected chi connectivity index (χ4v) is 4.87. The zero-order valence-corrected chi connectivity index (χ0v) is 23.9. The van der Waals surface area contributed by atoms with E-state index in [0.29, 0.717) is 54.9 Å². The maximum absolute atomic E-state index is 13.4. The third-order valence-corrected chi connectivity index (χ3v) is 7.14. The Balaban J connectivity index is 1.51. The molecule has 0 aliphatic rings. The van der Waals surface area contributed by atoms with Crippen LogP contribution in [0.15, 0.2) is 99.3 Å². The molecule has 0 saturated heterocycles. The van der Waals surface area contributed by atoms with Crippen LogP contribution in [0.5, 0.6) is 11.5 Å². The Bertz CT molecular complexity index is 1740. The molecule has 0 aliphatic heterocycles. The number of aromatic nitrogens is 2. The van der Waals surface area contributed by atoms with Gasteiger partial charge in [0.25, 0.3) is 5.56 Å². The first kappa shape index (κ1) is 26.9. The molecule has 0 atom stereocenters. The van der Waals surface area contributed by atoms with Crippen molar-refractivity contribution in [3.05, 3.63) is 121 Å². The lowest BCUT2D eigenvalue weighted by Crippen LogP contribution is -2.20. The highest BCUT2D eigenvalue weighted by Gasteiger charge is 2.15. The van der Waals surface area contributed by atoms with Crippen LogP contribution in [-0.4, -0.2) is 22.5 Å². The largest absolute Gasteiger partial charge is 0.490 e. The summed E-state index contributed by atoms with van der Waals surface area (Å²) in [4.78, 5) is 18.2. The van der Waals surface area contributed by atoms with Gasteiger partial charge in [-0.1, -0.05) is 71.7 Å². The lowest BCUT2D eigenvalue weighted by atomic mass is 10.2. The first-order valence-electron chi connectivity index (χ1n) is 12.1. The fraction of sp³-hybridized carbons (Fsp3) is 0.100. The van der Waals surface area contributed by atoms with Crippen molar-refractivity contribution in [3.63, 3.8) is 0 Å². The van der Waals surface area contributed by atoms with Crippen molar-refractivity contribution in [1.82, 2.24) is 9.66 Å². The smallest absolute Gasteiger partial charge is 0.282 e. The van der Waals surface area contributed by atoms with Gasteiger partial charge in [0.2, 0.25) is 0 Å². The van der Waals surface area contributed by atoms with E-state index in [9.17, 15) is 4.79 Å². The van der Waals surface area contributed by atoms with E-state index < -0.39 is 0 Å². The first-order valence-corrected chi connectivity index (χ1v) is 13.6. The van der Waals surface area contributed by atoms with Gasteiger partial charge in [0.1, 0.15) is 6.61 Å². The molecular weight excluding hydrogens is 601 g/mol. The van der Waals surface area contributed by atoms with Crippen LogP contribution in [0.25, 0.3) is 22.3 Å². The summed E-state index contributed by atoms with van der Waals surface area (Å²) in [6, 6.07) is 25.7. The van der Waals surface area contributed by atoms with Crippen molar-refractivity contribution in [2.45, 2.75) is 13.5 Å². The first-order chi connectivity index (χ1) is 18.9. The number of fused-ring (bicyclic) bond motifs is 1. The molecule has 39 heavy (non-hydrogen) atoms. The molecule has 0 N–H and O–H groups in total. The zero-order valence-electron chi connectivity index (χ0n) is 20.8. The number of benzene rings is 4. The minimum absolute atomic E-state index is 0.263. The number of rotatable bonds is 8. The molecule has 5 aromatic rings. The Morgan fingerprint density at radius 1 is 0.949 bits per heavy atom. The Morgan fingerprint density at radius 3 is 2.49 bits per heavy atom. The molecule has 0 radical (unpaired) electrons. The number of halogens is 3. The average Bonchev–Trinajstić information content (AvgIpc) is 2.94.